The maximum atomic E-state index is 13.6. The lowest BCUT2D eigenvalue weighted by Gasteiger charge is -2.26. The molecular weight excluding hydrogens is 412 g/mol. The third-order valence-corrected chi connectivity index (χ3v) is 6.72. The van der Waals surface area contributed by atoms with Crippen molar-refractivity contribution in [2.45, 2.75) is 65.3 Å². The molecular formula is C28H30N2O3. The van der Waals surface area contributed by atoms with Gasteiger partial charge in [-0.15, -0.1) is 0 Å². The molecule has 0 N–H and O–H groups in total. The first-order chi connectivity index (χ1) is 15.7. The second kappa shape index (κ2) is 9.26. The third-order valence-electron chi connectivity index (χ3n) is 6.72. The molecule has 170 valence electrons. The maximum Gasteiger partial charge on any atom is 0.262 e. The van der Waals surface area contributed by atoms with Gasteiger partial charge < -0.3 is 0 Å². The Morgan fingerprint density at radius 1 is 1.12 bits per heavy atom. The summed E-state index contributed by atoms with van der Waals surface area (Å²) in [5.74, 6) is 0.691. The highest BCUT2D eigenvalue weighted by Crippen LogP contribution is 2.28. The number of aryl methyl sites for hydroxylation is 4. The van der Waals surface area contributed by atoms with E-state index in [0.29, 0.717) is 48.8 Å². The summed E-state index contributed by atoms with van der Waals surface area (Å²) in [5.41, 5.74) is 5.54. The maximum absolute atomic E-state index is 13.6. The lowest BCUT2D eigenvalue weighted by Crippen LogP contribution is -2.35. The highest BCUT2D eigenvalue weighted by atomic mass is 16.1. The van der Waals surface area contributed by atoms with Crippen LogP contribution in [0.4, 0.5) is 0 Å². The van der Waals surface area contributed by atoms with Crippen LogP contribution < -0.4 is 5.56 Å². The fourth-order valence-corrected chi connectivity index (χ4v) is 4.73. The molecule has 33 heavy (non-hydrogen) atoms. The van der Waals surface area contributed by atoms with Crippen molar-refractivity contribution in [3.8, 4) is 0 Å². The van der Waals surface area contributed by atoms with Gasteiger partial charge in [0.25, 0.3) is 5.56 Å². The average Bonchev–Trinajstić information content (AvgIpc) is 2.76. The van der Waals surface area contributed by atoms with E-state index in [1.54, 1.807) is 11.5 Å². The van der Waals surface area contributed by atoms with Crippen molar-refractivity contribution in [1.29, 1.82) is 0 Å². The molecule has 2 aromatic carbocycles. The predicted octanol–water partition coefficient (Wildman–Crippen LogP) is 4.92. The van der Waals surface area contributed by atoms with Crippen LogP contribution in [0.15, 0.2) is 53.3 Å². The van der Waals surface area contributed by atoms with Gasteiger partial charge in [-0.05, 0) is 68.4 Å². The summed E-state index contributed by atoms with van der Waals surface area (Å²) in [7, 11) is 0. The van der Waals surface area contributed by atoms with Crippen LogP contribution in [-0.2, 0) is 22.4 Å². The molecule has 1 unspecified atom stereocenters. The number of nitrogens with zero attached hydrogens (tertiary/aromatic N) is 2. The minimum atomic E-state index is -0.501. The van der Waals surface area contributed by atoms with E-state index in [1.165, 1.54) is 11.1 Å². The van der Waals surface area contributed by atoms with E-state index in [4.69, 9.17) is 0 Å². The van der Waals surface area contributed by atoms with Gasteiger partial charge in [-0.2, -0.15) is 0 Å². The fourth-order valence-electron chi connectivity index (χ4n) is 4.73. The molecule has 0 aliphatic heterocycles. The first-order valence-electron chi connectivity index (χ1n) is 11.5. The molecule has 0 bridgehead atoms. The van der Waals surface area contributed by atoms with Crippen molar-refractivity contribution in [2.75, 3.05) is 0 Å². The normalized spacial score (nSPS) is 16.4. The third kappa shape index (κ3) is 4.72. The summed E-state index contributed by atoms with van der Waals surface area (Å²) in [6.07, 6.45) is 2.81. The molecule has 1 heterocycles. The molecule has 1 aliphatic carbocycles. The van der Waals surface area contributed by atoms with Crippen molar-refractivity contribution in [2.24, 2.45) is 0 Å². The molecule has 4 rings (SSSR count). The number of fused-ring (bicyclic) bond motifs is 1. The first kappa shape index (κ1) is 22.8. The Balaban J connectivity index is 1.61. The van der Waals surface area contributed by atoms with Crippen molar-refractivity contribution >= 4 is 22.5 Å². The van der Waals surface area contributed by atoms with E-state index >= 15 is 0 Å². The van der Waals surface area contributed by atoms with Crippen LogP contribution in [0.5, 0.6) is 0 Å². The van der Waals surface area contributed by atoms with Crippen LogP contribution in [0.25, 0.3) is 10.9 Å². The number of allylic oxidation sites excluding steroid dienone is 1. The standard InChI is InChI=1S/C28H30N2O3/c1-17-8-13-25(26(32)14-17)30-20(4)29-24-7-5-6-22(27(24)28(30)33)11-12-23(31)16-21-10-9-18(2)19(3)15-21/h5-7,9-10,15,25H,1,8,11-14,16H2,2-4H3. The van der Waals surface area contributed by atoms with Gasteiger partial charge in [-0.1, -0.05) is 42.5 Å². The summed E-state index contributed by atoms with van der Waals surface area (Å²) >= 11 is 0. The van der Waals surface area contributed by atoms with E-state index in [0.717, 1.165) is 23.1 Å². The van der Waals surface area contributed by atoms with Crippen molar-refractivity contribution in [3.63, 3.8) is 0 Å². The molecule has 0 spiro atoms. The number of hydrogen-bond acceptors (Lipinski definition) is 4. The molecule has 1 saturated carbocycles. The molecule has 0 saturated heterocycles. The number of Topliss-reactive ketones (excluding diaryl/α,β-unsaturated/α-hetero) is 2. The Hall–Kier alpha value is -3.34. The van der Waals surface area contributed by atoms with Gasteiger partial charge in [0.15, 0.2) is 5.78 Å². The van der Waals surface area contributed by atoms with Gasteiger partial charge in [-0.25, -0.2) is 4.98 Å². The van der Waals surface area contributed by atoms with E-state index in [-0.39, 0.29) is 17.1 Å². The van der Waals surface area contributed by atoms with Crippen LogP contribution in [0.3, 0.4) is 0 Å². The monoisotopic (exact) mass is 442 g/mol. The fraction of sp³-hybridized carbons (Fsp3) is 0.357. The topological polar surface area (TPSA) is 69.0 Å². The van der Waals surface area contributed by atoms with E-state index in [1.807, 2.05) is 37.3 Å². The largest absolute Gasteiger partial charge is 0.299 e. The van der Waals surface area contributed by atoms with Crippen LogP contribution in [-0.4, -0.2) is 21.1 Å². The molecule has 5 nitrogen and oxygen atoms in total. The van der Waals surface area contributed by atoms with E-state index in [9.17, 15) is 14.4 Å². The summed E-state index contributed by atoms with van der Waals surface area (Å²) in [4.78, 5) is 43.6. The Morgan fingerprint density at radius 3 is 2.64 bits per heavy atom. The molecule has 1 fully saturated rings. The highest BCUT2D eigenvalue weighted by Gasteiger charge is 2.28. The van der Waals surface area contributed by atoms with Crippen molar-refractivity contribution < 1.29 is 9.59 Å². The lowest BCUT2D eigenvalue weighted by atomic mass is 9.90. The Bertz CT molecular complexity index is 1330. The molecule has 0 radical (unpaired) electrons. The zero-order valence-electron chi connectivity index (χ0n) is 19.6. The Labute approximate surface area is 194 Å². The number of benzene rings is 2. The quantitative estimate of drug-likeness (QED) is 0.508. The van der Waals surface area contributed by atoms with Gasteiger partial charge in [0, 0.05) is 19.3 Å². The molecule has 3 aromatic rings. The first-order valence-corrected chi connectivity index (χ1v) is 11.5. The summed E-state index contributed by atoms with van der Waals surface area (Å²) in [5, 5.41) is 0.513. The summed E-state index contributed by atoms with van der Waals surface area (Å²) in [6, 6.07) is 11.2. The smallest absolute Gasteiger partial charge is 0.262 e. The minimum absolute atomic E-state index is 0.0126. The average molecular weight is 443 g/mol. The Morgan fingerprint density at radius 2 is 1.91 bits per heavy atom. The van der Waals surface area contributed by atoms with Crippen LogP contribution in [0.2, 0.25) is 0 Å². The number of rotatable bonds is 6. The number of carbonyl (C=O) groups excluding carboxylic acids is 2. The molecule has 5 heteroatoms. The van der Waals surface area contributed by atoms with Gasteiger partial charge in [-0.3, -0.25) is 19.0 Å². The van der Waals surface area contributed by atoms with E-state index in [2.05, 4.69) is 24.6 Å². The van der Waals surface area contributed by atoms with Crippen LogP contribution in [0.1, 0.15) is 59.8 Å². The predicted molar refractivity (Wildman–Crippen MR) is 131 cm³/mol. The van der Waals surface area contributed by atoms with Gasteiger partial charge in [0.2, 0.25) is 0 Å². The number of aromatic nitrogens is 2. The van der Waals surface area contributed by atoms with Gasteiger partial charge in [0.1, 0.15) is 11.6 Å². The number of carbonyl (C=O) groups is 2. The van der Waals surface area contributed by atoms with Crippen LogP contribution >= 0.6 is 0 Å². The number of hydrogen-bond donors (Lipinski definition) is 0. The molecule has 0 amide bonds. The zero-order chi connectivity index (χ0) is 23.7. The second-order valence-electron chi connectivity index (χ2n) is 9.23. The van der Waals surface area contributed by atoms with E-state index < -0.39 is 6.04 Å². The molecule has 1 aromatic heterocycles. The van der Waals surface area contributed by atoms with Crippen molar-refractivity contribution in [1.82, 2.24) is 9.55 Å². The van der Waals surface area contributed by atoms with Gasteiger partial charge in [0.05, 0.1) is 16.9 Å². The van der Waals surface area contributed by atoms with Crippen LogP contribution in [0, 0.1) is 20.8 Å². The zero-order valence-corrected chi connectivity index (χ0v) is 19.6. The van der Waals surface area contributed by atoms with Crippen molar-refractivity contribution in [3.05, 3.63) is 87.0 Å². The molecule has 1 aliphatic rings. The molecule has 1 atom stereocenters. The Kier molecular flexibility index (Phi) is 6.41. The summed E-state index contributed by atoms with van der Waals surface area (Å²) < 4.78 is 1.55. The lowest BCUT2D eigenvalue weighted by molar-refractivity contribution is -0.122. The SMILES string of the molecule is C=C1CCC(n2c(C)nc3cccc(CCC(=O)Cc4ccc(C)c(C)c4)c3c2=O)C(=O)C1. The van der Waals surface area contributed by atoms with Gasteiger partial charge >= 0.3 is 0 Å². The number of ketones is 2. The highest BCUT2D eigenvalue weighted by molar-refractivity contribution is 5.87. The summed E-state index contributed by atoms with van der Waals surface area (Å²) in [6.45, 7) is 9.81. The minimum Gasteiger partial charge on any atom is -0.299 e. The second-order valence-corrected chi connectivity index (χ2v) is 9.23.